The molecule has 3 heterocycles. The first kappa shape index (κ1) is 23.0. The Kier molecular flexibility index (Phi) is 6.65. The molecule has 1 amide bonds. The minimum Gasteiger partial charge on any atom is -0.485 e. The number of anilines is 2. The topological polar surface area (TPSA) is 88.2 Å². The average molecular weight is 486 g/mol. The lowest BCUT2D eigenvalue weighted by molar-refractivity contribution is -0.125. The van der Waals surface area contributed by atoms with E-state index >= 15 is 0 Å². The zero-order chi connectivity index (χ0) is 23.5. The molecule has 0 unspecified atom stereocenters. The number of ether oxygens (including phenoxy) is 2. The maximum absolute atomic E-state index is 13.3. The first-order valence-corrected chi connectivity index (χ1v) is 13.5. The third kappa shape index (κ3) is 4.72. The molecule has 8 nitrogen and oxygen atoms in total. The van der Waals surface area contributed by atoms with Crippen LogP contribution in [0.25, 0.3) is 0 Å². The van der Waals surface area contributed by atoms with E-state index in [1.165, 1.54) is 6.42 Å². The quantitative estimate of drug-likeness (QED) is 0.696. The molecule has 2 saturated heterocycles. The normalized spacial score (nSPS) is 21.2. The minimum absolute atomic E-state index is 0.0909. The standard InChI is InChI=1S/C25H31N3O5S/c29-25(24-18-32-22-9-3-4-10-23(22)33-24)26-20-17-19(34(30,31)28-15-7-2-8-16-28)11-12-21(20)27-13-5-1-6-14-27/h3-4,9-12,17,24H,1-2,5-8,13-16,18H2,(H,26,29)/t24-/m0/s1. The minimum atomic E-state index is -3.63. The van der Waals surface area contributed by atoms with Gasteiger partial charge >= 0.3 is 0 Å². The van der Waals surface area contributed by atoms with E-state index in [1.807, 2.05) is 18.2 Å². The van der Waals surface area contributed by atoms with Crippen LogP contribution in [0.3, 0.4) is 0 Å². The highest BCUT2D eigenvalue weighted by atomic mass is 32.2. The number of nitrogens with one attached hydrogen (secondary N) is 1. The number of hydrogen-bond donors (Lipinski definition) is 1. The van der Waals surface area contributed by atoms with Crippen LogP contribution in [0, 0.1) is 0 Å². The van der Waals surface area contributed by atoms with Crippen LogP contribution in [-0.4, -0.2) is 57.5 Å². The van der Waals surface area contributed by atoms with Gasteiger partial charge in [-0.25, -0.2) is 8.42 Å². The van der Waals surface area contributed by atoms with Gasteiger partial charge in [0.2, 0.25) is 16.1 Å². The molecule has 1 atom stereocenters. The van der Waals surface area contributed by atoms with Gasteiger partial charge in [0, 0.05) is 26.2 Å². The lowest BCUT2D eigenvalue weighted by Crippen LogP contribution is -2.41. The molecule has 5 rings (SSSR count). The van der Waals surface area contributed by atoms with Crippen molar-refractivity contribution in [1.82, 2.24) is 4.31 Å². The Morgan fingerprint density at radius 3 is 2.29 bits per heavy atom. The molecule has 34 heavy (non-hydrogen) atoms. The maximum Gasteiger partial charge on any atom is 0.269 e. The molecule has 0 spiro atoms. The summed E-state index contributed by atoms with van der Waals surface area (Å²) in [5.41, 5.74) is 1.33. The van der Waals surface area contributed by atoms with Crippen LogP contribution in [0.4, 0.5) is 11.4 Å². The highest BCUT2D eigenvalue weighted by Crippen LogP contribution is 2.34. The fourth-order valence-electron chi connectivity index (χ4n) is 4.80. The van der Waals surface area contributed by atoms with Gasteiger partial charge in [-0.05, 0) is 62.4 Å². The zero-order valence-corrected chi connectivity index (χ0v) is 20.1. The van der Waals surface area contributed by atoms with Gasteiger partial charge in [-0.2, -0.15) is 4.31 Å². The van der Waals surface area contributed by atoms with Crippen molar-refractivity contribution in [3.05, 3.63) is 42.5 Å². The van der Waals surface area contributed by atoms with Crippen LogP contribution in [0.15, 0.2) is 47.4 Å². The molecule has 0 saturated carbocycles. The van der Waals surface area contributed by atoms with Gasteiger partial charge in [-0.3, -0.25) is 4.79 Å². The SMILES string of the molecule is O=C(Nc1cc(S(=O)(=O)N2CCCCC2)ccc1N1CCCCC1)[C@@H]1COc2ccccc2O1. The number of rotatable bonds is 5. The summed E-state index contributed by atoms with van der Waals surface area (Å²) in [7, 11) is -3.63. The van der Waals surface area contributed by atoms with Crippen molar-refractivity contribution < 1.29 is 22.7 Å². The Labute approximate surface area is 200 Å². The van der Waals surface area contributed by atoms with Gasteiger partial charge in [0.25, 0.3) is 5.91 Å². The van der Waals surface area contributed by atoms with Crippen molar-refractivity contribution in [3.8, 4) is 11.5 Å². The molecule has 1 N–H and O–H groups in total. The van der Waals surface area contributed by atoms with E-state index in [9.17, 15) is 13.2 Å². The summed E-state index contributed by atoms with van der Waals surface area (Å²) in [6.45, 7) is 2.90. The van der Waals surface area contributed by atoms with Crippen LogP contribution in [0.5, 0.6) is 11.5 Å². The lowest BCUT2D eigenvalue weighted by atomic mass is 10.1. The second-order valence-electron chi connectivity index (χ2n) is 9.04. The number of carbonyl (C=O) groups is 1. The summed E-state index contributed by atoms with van der Waals surface area (Å²) in [5.74, 6) is 0.766. The Hall–Kier alpha value is -2.78. The predicted molar refractivity (Wildman–Crippen MR) is 130 cm³/mol. The highest BCUT2D eigenvalue weighted by Gasteiger charge is 2.30. The van der Waals surface area contributed by atoms with Gasteiger partial charge in [0.05, 0.1) is 16.3 Å². The summed E-state index contributed by atoms with van der Waals surface area (Å²) in [6.07, 6.45) is 5.27. The third-order valence-corrected chi connectivity index (χ3v) is 8.57. The van der Waals surface area contributed by atoms with Gasteiger partial charge in [0.15, 0.2) is 11.5 Å². The molecule has 0 aliphatic carbocycles. The summed E-state index contributed by atoms with van der Waals surface area (Å²) < 4.78 is 39.7. The molecular formula is C25H31N3O5S. The molecule has 2 fully saturated rings. The van der Waals surface area contributed by atoms with Crippen LogP contribution >= 0.6 is 0 Å². The molecule has 0 radical (unpaired) electrons. The summed E-state index contributed by atoms with van der Waals surface area (Å²) in [5, 5.41) is 2.96. The fraction of sp³-hybridized carbons (Fsp3) is 0.480. The largest absolute Gasteiger partial charge is 0.485 e. The molecule has 0 bridgehead atoms. The summed E-state index contributed by atoms with van der Waals surface area (Å²) >= 11 is 0. The number of hydrogen-bond acceptors (Lipinski definition) is 6. The molecule has 3 aliphatic rings. The lowest BCUT2D eigenvalue weighted by Gasteiger charge is -2.32. The van der Waals surface area contributed by atoms with Crippen LogP contribution in [0.1, 0.15) is 38.5 Å². The highest BCUT2D eigenvalue weighted by molar-refractivity contribution is 7.89. The zero-order valence-electron chi connectivity index (χ0n) is 19.2. The Morgan fingerprint density at radius 2 is 1.56 bits per heavy atom. The van der Waals surface area contributed by atoms with Crippen molar-refractivity contribution in [1.29, 1.82) is 0 Å². The molecule has 9 heteroatoms. The van der Waals surface area contributed by atoms with E-state index in [1.54, 1.807) is 28.6 Å². The number of amides is 1. The Morgan fingerprint density at radius 1 is 0.882 bits per heavy atom. The second kappa shape index (κ2) is 9.84. The first-order valence-electron chi connectivity index (χ1n) is 12.1. The molecule has 0 aromatic heterocycles. The maximum atomic E-state index is 13.3. The smallest absolute Gasteiger partial charge is 0.269 e. The van der Waals surface area contributed by atoms with Gasteiger partial charge in [-0.1, -0.05) is 18.6 Å². The molecular weight excluding hydrogens is 454 g/mol. The molecule has 3 aliphatic heterocycles. The van der Waals surface area contributed by atoms with E-state index in [2.05, 4.69) is 10.2 Å². The Balaban J connectivity index is 1.42. The van der Waals surface area contributed by atoms with Gasteiger partial charge in [-0.15, -0.1) is 0 Å². The summed E-state index contributed by atoms with van der Waals surface area (Å²) in [4.78, 5) is 15.6. The van der Waals surface area contributed by atoms with Crippen molar-refractivity contribution in [3.63, 3.8) is 0 Å². The number of nitrogens with zero attached hydrogens (tertiary/aromatic N) is 2. The van der Waals surface area contributed by atoms with E-state index in [0.717, 1.165) is 50.9 Å². The van der Waals surface area contributed by atoms with Crippen LogP contribution < -0.4 is 19.7 Å². The Bertz CT molecular complexity index is 1140. The van der Waals surface area contributed by atoms with Gasteiger partial charge in [0.1, 0.15) is 6.61 Å². The van der Waals surface area contributed by atoms with Crippen molar-refractivity contribution in [2.75, 3.05) is 43.0 Å². The van der Waals surface area contributed by atoms with E-state index in [0.29, 0.717) is 30.3 Å². The second-order valence-corrected chi connectivity index (χ2v) is 11.0. The molecule has 2 aromatic rings. The monoisotopic (exact) mass is 485 g/mol. The number of para-hydroxylation sites is 2. The summed E-state index contributed by atoms with van der Waals surface area (Å²) in [6, 6.07) is 12.3. The number of carbonyl (C=O) groups excluding carboxylic acids is 1. The number of piperidine rings is 2. The van der Waals surface area contributed by atoms with E-state index in [4.69, 9.17) is 9.47 Å². The van der Waals surface area contributed by atoms with Crippen LogP contribution in [-0.2, 0) is 14.8 Å². The first-order chi connectivity index (χ1) is 16.5. The van der Waals surface area contributed by atoms with E-state index < -0.39 is 16.1 Å². The molecule has 2 aromatic carbocycles. The van der Waals surface area contributed by atoms with Crippen molar-refractivity contribution in [2.45, 2.75) is 49.5 Å². The van der Waals surface area contributed by atoms with Crippen LogP contribution in [0.2, 0.25) is 0 Å². The number of benzene rings is 2. The van der Waals surface area contributed by atoms with E-state index in [-0.39, 0.29) is 17.4 Å². The third-order valence-electron chi connectivity index (χ3n) is 6.68. The average Bonchev–Trinajstić information content (AvgIpc) is 2.89. The fourth-order valence-corrected chi connectivity index (χ4v) is 6.35. The van der Waals surface area contributed by atoms with Crippen molar-refractivity contribution in [2.24, 2.45) is 0 Å². The van der Waals surface area contributed by atoms with Crippen molar-refractivity contribution >= 4 is 27.3 Å². The number of fused-ring (bicyclic) bond motifs is 1. The van der Waals surface area contributed by atoms with Gasteiger partial charge < -0.3 is 19.7 Å². The predicted octanol–water partition coefficient (Wildman–Crippen LogP) is 3.63. The molecule has 182 valence electrons. The number of sulfonamides is 1.